The highest BCUT2D eigenvalue weighted by Gasteiger charge is 2.28. The number of carbonyl (C=O) groups excluding carboxylic acids is 2. The molecule has 0 aromatic heterocycles. The SMILES string of the molecule is CC(C)OC(=O)/C(C#N)=C1\Nc2cc3ccccc3cc2NC1=O. The van der Waals surface area contributed by atoms with Crippen molar-refractivity contribution >= 4 is 34.0 Å². The highest BCUT2D eigenvalue weighted by atomic mass is 16.5. The molecule has 1 amide bonds. The number of hydrogen-bond donors (Lipinski definition) is 2. The molecule has 120 valence electrons. The molecule has 0 spiro atoms. The Bertz CT molecular complexity index is 923. The lowest BCUT2D eigenvalue weighted by molar-refractivity contribution is -0.142. The van der Waals surface area contributed by atoms with Gasteiger partial charge in [0.25, 0.3) is 5.91 Å². The summed E-state index contributed by atoms with van der Waals surface area (Å²) < 4.78 is 5.02. The monoisotopic (exact) mass is 321 g/mol. The zero-order valence-corrected chi connectivity index (χ0v) is 13.2. The second-order valence-electron chi connectivity index (χ2n) is 5.64. The van der Waals surface area contributed by atoms with Gasteiger partial charge < -0.3 is 15.4 Å². The van der Waals surface area contributed by atoms with Crippen molar-refractivity contribution in [3.05, 3.63) is 47.7 Å². The van der Waals surface area contributed by atoms with Gasteiger partial charge in [-0.1, -0.05) is 24.3 Å². The van der Waals surface area contributed by atoms with Crippen LogP contribution in [0, 0.1) is 11.3 Å². The molecule has 0 saturated carbocycles. The molecule has 2 aromatic rings. The topological polar surface area (TPSA) is 91.2 Å². The van der Waals surface area contributed by atoms with Crippen molar-refractivity contribution in [3.63, 3.8) is 0 Å². The number of nitrogens with zero attached hydrogens (tertiary/aromatic N) is 1. The number of fused-ring (bicyclic) bond motifs is 2. The maximum Gasteiger partial charge on any atom is 0.351 e. The van der Waals surface area contributed by atoms with Crippen LogP contribution in [0.3, 0.4) is 0 Å². The third-order valence-corrected chi connectivity index (χ3v) is 3.53. The first-order chi connectivity index (χ1) is 11.5. The van der Waals surface area contributed by atoms with E-state index in [9.17, 15) is 14.9 Å². The summed E-state index contributed by atoms with van der Waals surface area (Å²) in [6.45, 7) is 3.35. The zero-order chi connectivity index (χ0) is 17.3. The summed E-state index contributed by atoms with van der Waals surface area (Å²) in [5, 5.41) is 16.8. The predicted molar refractivity (Wildman–Crippen MR) is 90.1 cm³/mol. The van der Waals surface area contributed by atoms with E-state index in [0.717, 1.165) is 10.8 Å². The minimum Gasteiger partial charge on any atom is -0.459 e. The Kier molecular flexibility index (Phi) is 3.92. The fourth-order valence-corrected chi connectivity index (χ4v) is 2.48. The van der Waals surface area contributed by atoms with Crippen molar-refractivity contribution < 1.29 is 14.3 Å². The molecule has 2 aromatic carbocycles. The fourth-order valence-electron chi connectivity index (χ4n) is 2.48. The van der Waals surface area contributed by atoms with Gasteiger partial charge in [-0.25, -0.2) is 4.79 Å². The van der Waals surface area contributed by atoms with E-state index >= 15 is 0 Å². The first-order valence-electron chi connectivity index (χ1n) is 7.46. The van der Waals surface area contributed by atoms with Gasteiger partial charge in [-0.3, -0.25) is 4.79 Å². The van der Waals surface area contributed by atoms with Gasteiger partial charge in [-0.05, 0) is 36.8 Å². The van der Waals surface area contributed by atoms with E-state index < -0.39 is 11.9 Å². The highest BCUT2D eigenvalue weighted by Crippen LogP contribution is 2.33. The van der Waals surface area contributed by atoms with Crippen LogP contribution in [-0.4, -0.2) is 18.0 Å². The quantitative estimate of drug-likeness (QED) is 0.504. The summed E-state index contributed by atoms with van der Waals surface area (Å²) in [5.74, 6) is -1.37. The molecule has 6 heteroatoms. The zero-order valence-electron chi connectivity index (χ0n) is 13.2. The van der Waals surface area contributed by atoms with Crippen LogP contribution in [0.15, 0.2) is 47.7 Å². The third-order valence-electron chi connectivity index (χ3n) is 3.53. The summed E-state index contributed by atoms with van der Waals surface area (Å²) in [6, 6.07) is 13.1. The molecule has 2 N–H and O–H groups in total. The number of hydrogen-bond acceptors (Lipinski definition) is 5. The van der Waals surface area contributed by atoms with Gasteiger partial charge in [-0.15, -0.1) is 0 Å². The maximum absolute atomic E-state index is 12.3. The van der Waals surface area contributed by atoms with Crippen molar-refractivity contribution in [2.45, 2.75) is 20.0 Å². The van der Waals surface area contributed by atoms with Crippen LogP contribution in [0.1, 0.15) is 13.8 Å². The smallest absolute Gasteiger partial charge is 0.351 e. The lowest BCUT2D eigenvalue weighted by atomic mass is 10.1. The molecule has 0 unspecified atom stereocenters. The number of ether oxygens (including phenoxy) is 1. The Morgan fingerprint density at radius 2 is 1.71 bits per heavy atom. The van der Waals surface area contributed by atoms with Crippen molar-refractivity contribution in [2.75, 3.05) is 10.6 Å². The van der Waals surface area contributed by atoms with E-state index in [2.05, 4.69) is 10.6 Å². The van der Waals surface area contributed by atoms with Gasteiger partial charge in [0.05, 0.1) is 17.5 Å². The van der Waals surface area contributed by atoms with E-state index in [-0.39, 0.29) is 17.4 Å². The number of anilines is 2. The van der Waals surface area contributed by atoms with Gasteiger partial charge in [0.15, 0.2) is 5.57 Å². The first-order valence-corrected chi connectivity index (χ1v) is 7.46. The molecular formula is C18H15N3O3. The van der Waals surface area contributed by atoms with Gasteiger partial charge in [0, 0.05) is 0 Å². The molecular weight excluding hydrogens is 306 g/mol. The summed E-state index contributed by atoms with van der Waals surface area (Å²) in [7, 11) is 0. The number of amides is 1. The summed E-state index contributed by atoms with van der Waals surface area (Å²) in [5.41, 5.74) is 0.760. The number of benzene rings is 2. The number of carbonyl (C=O) groups is 2. The van der Waals surface area contributed by atoms with E-state index in [1.54, 1.807) is 19.9 Å². The Morgan fingerprint density at radius 1 is 1.12 bits per heavy atom. The van der Waals surface area contributed by atoms with E-state index in [4.69, 9.17) is 4.74 Å². The van der Waals surface area contributed by atoms with Crippen molar-refractivity contribution in [1.82, 2.24) is 0 Å². The van der Waals surface area contributed by atoms with Crippen LogP contribution < -0.4 is 10.6 Å². The van der Waals surface area contributed by atoms with Gasteiger partial charge in [0.1, 0.15) is 11.8 Å². The van der Waals surface area contributed by atoms with Crippen LogP contribution in [0.2, 0.25) is 0 Å². The average Bonchev–Trinajstić information content (AvgIpc) is 2.53. The lowest BCUT2D eigenvalue weighted by Gasteiger charge is -2.22. The Balaban J connectivity index is 2.06. The van der Waals surface area contributed by atoms with Crippen molar-refractivity contribution in [2.24, 2.45) is 0 Å². The van der Waals surface area contributed by atoms with Gasteiger partial charge in [-0.2, -0.15) is 5.26 Å². The third kappa shape index (κ3) is 2.79. The lowest BCUT2D eigenvalue weighted by Crippen LogP contribution is -2.29. The second kappa shape index (κ2) is 6.05. The first kappa shape index (κ1) is 15.6. The number of rotatable bonds is 2. The van der Waals surface area contributed by atoms with Crippen LogP contribution in [0.5, 0.6) is 0 Å². The van der Waals surface area contributed by atoms with E-state index in [0.29, 0.717) is 11.4 Å². The average molecular weight is 321 g/mol. The van der Waals surface area contributed by atoms with E-state index in [1.807, 2.05) is 36.4 Å². The number of nitriles is 1. The van der Waals surface area contributed by atoms with Crippen molar-refractivity contribution in [3.8, 4) is 6.07 Å². The minimum absolute atomic E-state index is 0.106. The molecule has 0 radical (unpaired) electrons. The maximum atomic E-state index is 12.3. The Morgan fingerprint density at radius 3 is 2.25 bits per heavy atom. The van der Waals surface area contributed by atoms with Crippen LogP contribution in [0.4, 0.5) is 11.4 Å². The normalized spacial score (nSPS) is 15.2. The molecule has 0 atom stereocenters. The molecule has 0 aliphatic carbocycles. The fraction of sp³-hybridized carbons (Fsp3) is 0.167. The molecule has 24 heavy (non-hydrogen) atoms. The summed E-state index contributed by atoms with van der Waals surface area (Å²) >= 11 is 0. The largest absolute Gasteiger partial charge is 0.459 e. The Hall–Kier alpha value is -3.33. The van der Waals surface area contributed by atoms with Crippen molar-refractivity contribution in [1.29, 1.82) is 5.26 Å². The number of nitrogens with one attached hydrogen (secondary N) is 2. The van der Waals surface area contributed by atoms with Crippen LogP contribution in [0.25, 0.3) is 10.8 Å². The summed E-state index contributed by atoms with van der Waals surface area (Å²) in [6.07, 6.45) is -0.385. The standard InChI is InChI=1S/C18H15N3O3/c1-10(2)24-18(23)13(9-19)16-17(22)21-15-8-12-6-4-3-5-11(12)7-14(15)20-16/h3-8,10,20H,1-2H3,(H,21,22)/b16-13-. The van der Waals surface area contributed by atoms with E-state index in [1.165, 1.54) is 0 Å². The number of esters is 1. The van der Waals surface area contributed by atoms with Gasteiger partial charge >= 0.3 is 5.97 Å². The molecule has 0 saturated heterocycles. The highest BCUT2D eigenvalue weighted by molar-refractivity contribution is 6.17. The molecule has 0 bridgehead atoms. The van der Waals surface area contributed by atoms with Crippen LogP contribution in [-0.2, 0) is 14.3 Å². The second-order valence-corrected chi connectivity index (χ2v) is 5.64. The van der Waals surface area contributed by atoms with Gasteiger partial charge in [0.2, 0.25) is 0 Å². The summed E-state index contributed by atoms with van der Waals surface area (Å²) in [4.78, 5) is 24.3. The molecule has 0 fully saturated rings. The molecule has 6 nitrogen and oxygen atoms in total. The molecule has 1 aliphatic heterocycles. The Labute approximate surface area is 138 Å². The molecule has 1 aliphatic rings. The molecule has 3 rings (SSSR count). The minimum atomic E-state index is -0.825. The van der Waals surface area contributed by atoms with Crippen LogP contribution >= 0.6 is 0 Å². The predicted octanol–water partition coefficient (Wildman–Crippen LogP) is 2.93. The molecule has 1 heterocycles.